The SMILES string of the molecule is CCc1c(C)nn(Cc2ccc(Br)cn2)c1C. The van der Waals surface area contributed by atoms with Crippen LogP contribution in [-0.2, 0) is 13.0 Å². The molecule has 2 heterocycles. The molecule has 0 aromatic carbocycles. The zero-order valence-electron chi connectivity index (χ0n) is 10.4. The van der Waals surface area contributed by atoms with Crippen LogP contribution in [0, 0.1) is 13.8 Å². The molecule has 0 amide bonds. The molecule has 17 heavy (non-hydrogen) atoms. The highest BCUT2D eigenvalue weighted by molar-refractivity contribution is 9.10. The maximum Gasteiger partial charge on any atom is 0.0834 e. The van der Waals surface area contributed by atoms with E-state index in [-0.39, 0.29) is 0 Å². The molecule has 0 unspecified atom stereocenters. The molecular weight excluding hydrogens is 278 g/mol. The number of aromatic nitrogens is 3. The molecule has 0 spiro atoms. The summed E-state index contributed by atoms with van der Waals surface area (Å²) in [5.41, 5.74) is 4.75. The van der Waals surface area contributed by atoms with E-state index in [0.29, 0.717) is 0 Å². The molecule has 90 valence electrons. The highest BCUT2D eigenvalue weighted by atomic mass is 79.9. The van der Waals surface area contributed by atoms with Crippen molar-refractivity contribution in [3.05, 3.63) is 45.4 Å². The van der Waals surface area contributed by atoms with Crippen LogP contribution in [-0.4, -0.2) is 14.8 Å². The lowest BCUT2D eigenvalue weighted by atomic mass is 10.1. The molecular formula is C13H16BrN3. The van der Waals surface area contributed by atoms with Crippen molar-refractivity contribution < 1.29 is 0 Å². The topological polar surface area (TPSA) is 30.7 Å². The number of aryl methyl sites for hydroxylation is 1. The van der Waals surface area contributed by atoms with Crippen molar-refractivity contribution in [2.45, 2.75) is 33.7 Å². The van der Waals surface area contributed by atoms with Gasteiger partial charge in [-0.15, -0.1) is 0 Å². The number of hydrogen-bond acceptors (Lipinski definition) is 2. The maximum absolute atomic E-state index is 4.56. The molecule has 0 fully saturated rings. The summed E-state index contributed by atoms with van der Waals surface area (Å²) >= 11 is 3.39. The average molecular weight is 294 g/mol. The zero-order valence-corrected chi connectivity index (χ0v) is 12.0. The minimum atomic E-state index is 0.736. The molecule has 0 N–H and O–H groups in total. The van der Waals surface area contributed by atoms with Crippen LogP contribution in [0.2, 0.25) is 0 Å². The molecule has 0 radical (unpaired) electrons. The third-order valence-corrected chi connectivity index (χ3v) is 3.45. The number of nitrogens with zero attached hydrogens (tertiary/aromatic N) is 3. The van der Waals surface area contributed by atoms with Gasteiger partial charge in [-0.2, -0.15) is 5.10 Å². The van der Waals surface area contributed by atoms with Crippen LogP contribution in [0.4, 0.5) is 0 Å². The molecule has 0 atom stereocenters. The molecule has 0 bridgehead atoms. The van der Waals surface area contributed by atoms with Crippen molar-refractivity contribution in [1.82, 2.24) is 14.8 Å². The number of rotatable bonds is 3. The fourth-order valence-corrected chi connectivity index (χ4v) is 2.29. The van der Waals surface area contributed by atoms with Crippen LogP contribution in [0.15, 0.2) is 22.8 Å². The molecule has 4 heteroatoms. The van der Waals surface area contributed by atoms with Gasteiger partial charge in [0.25, 0.3) is 0 Å². The normalized spacial score (nSPS) is 10.8. The van der Waals surface area contributed by atoms with Crippen LogP contribution in [0.25, 0.3) is 0 Å². The summed E-state index contributed by atoms with van der Waals surface area (Å²) in [6.07, 6.45) is 2.85. The fourth-order valence-electron chi connectivity index (χ4n) is 2.05. The Bertz CT molecular complexity index is 514. The first-order valence-corrected chi connectivity index (χ1v) is 6.54. The first kappa shape index (κ1) is 12.3. The second-order valence-corrected chi connectivity index (χ2v) is 5.04. The minimum Gasteiger partial charge on any atom is -0.263 e. The van der Waals surface area contributed by atoms with E-state index in [1.165, 1.54) is 11.3 Å². The van der Waals surface area contributed by atoms with Gasteiger partial charge >= 0.3 is 0 Å². The van der Waals surface area contributed by atoms with E-state index in [1.807, 2.05) is 23.0 Å². The van der Waals surface area contributed by atoms with E-state index in [0.717, 1.165) is 28.8 Å². The second-order valence-electron chi connectivity index (χ2n) is 4.13. The molecule has 0 aliphatic carbocycles. The van der Waals surface area contributed by atoms with Gasteiger partial charge in [0, 0.05) is 16.4 Å². The van der Waals surface area contributed by atoms with Gasteiger partial charge in [0.15, 0.2) is 0 Å². The Morgan fingerprint density at radius 1 is 1.29 bits per heavy atom. The lowest BCUT2D eigenvalue weighted by Crippen LogP contribution is -2.05. The molecule has 3 nitrogen and oxygen atoms in total. The highest BCUT2D eigenvalue weighted by Gasteiger charge is 2.09. The van der Waals surface area contributed by atoms with E-state index < -0.39 is 0 Å². The van der Waals surface area contributed by atoms with Gasteiger partial charge in [-0.25, -0.2) is 0 Å². The van der Waals surface area contributed by atoms with Crippen molar-refractivity contribution >= 4 is 15.9 Å². The van der Waals surface area contributed by atoms with E-state index in [9.17, 15) is 0 Å². The van der Waals surface area contributed by atoms with Gasteiger partial charge in [-0.05, 0) is 53.9 Å². The Hall–Kier alpha value is -1.16. The number of hydrogen-bond donors (Lipinski definition) is 0. The predicted molar refractivity (Wildman–Crippen MR) is 72.1 cm³/mol. The van der Waals surface area contributed by atoms with Gasteiger partial charge < -0.3 is 0 Å². The third-order valence-electron chi connectivity index (χ3n) is 2.99. The Balaban J connectivity index is 2.27. The van der Waals surface area contributed by atoms with E-state index in [2.05, 4.69) is 46.8 Å². The summed E-state index contributed by atoms with van der Waals surface area (Å²) in [6, 6.07) is 4.03. The molecule has 2 aromatic rings. The Morgan fingerprint density at radius 2 is 2.06 bits per heavy atom. The Labute approximate surface area is 110 Å². The molecule has 0 saturated heterocycles. The number of pyridine rings is 1. The average Bonchev–Trinajstić information content (AvgIpc) is 2.57. The summed E-state index contributed by atoms with van der Waals surface area (Å²) < 4.78 is 3.04. The van der Waals surface area contributed by atoms with Crippen LogP contribution >= 0.6 is 15.9 Å². The first-order valence-electron chi connectivity index (χ1n) is 5.75. The highest BCUT2D eigenvalue weighted by Crippen LogP contribution is 2.15. The smallest absolute Gasteiger partial charge is 0.0834 e. The van der Waals surface area contributed by atoms with E-state index >= 15 is 0 Å². The minimum absolute atomic E-state index is 0.736. The molecule has 2 aromatic heterocycles. The Morgan fingerprint density at radius 3 is 2.59 bits per heavy atom. The molecule has 2 rings (SSSR count). The second kappa shape index (κ2) is 5.00. The fraction of sp³-hybridized carbons (Fsp3) is 0.385. The number of halogens is 1. The van der Waals surface area contributed by atoms with E-state index in [4.69, 9.17) is 0 Å². The predicted octanol–water partition coefficient (Wildman–Crippen LogP) is 3.27. The summed E-state index contributed by atoms with van der Waals surface area (Å²) in [7, 11) is 0. The van der Waals surface area contributed by atoms with Crippen LogP contribution < -0.4 is 0 Å². The lowest BCUT2D eigenvalue weighted by Gasteiger charge is -2.04. The summed E-state index contributed by atoms with van der Waals surface area (Å²) in [5.74, 6) is 0. The van der Waals surface area contributed by atoms with Gasteiger partial charge in [-0.1, -0.05) is 6.92 Å². The first-order chi connectivity index (χ1) is 8.11. The zero-order chi connectivity index (χ0) is 12.4. The largest absolute Gasteiger partial charge is 0.263 e. The van der Waals surface area contributed by atoms with E-state index in [1.54, 1.807) is 0 Å². The van der Waals surface area contributed by atoms with Crippen molar-refractivity contribution in [2.75, 3.05) is 0 Å². The van der Waals surface area contributed by atoms with Crippen LogP contribution in [0.5, 0.6) is 0 Å². The van der Waals surface area contributed by atoms with Crippen LogP contribution in [0.3, 0.4) is 0 Å². The van der Waals surface area contributed by atoms with Crippen molar-refractivity contribution in [1.29, 1.82) is 0 Å². The van der Waals surface area contributed by atoms with Crippen molar-refractivity contribution in [3.63, 3.8) is 0 Å². The monoisotopic (exact) mass is 293 g/mol. The quantitative estimate of drug-likeness (QED) is 0.870. The molecule has 0 saturated carbocycles. The van der Waals surface area contributed by atoms with Crippen molar-refractivity contribution in [3.8, 4) is 0 Å². The Kier molecular flexibility index (Phi) is 3.62. The lowest BCUT2D eigenvalue weighted by molar-refractivity contribution is 0.646. The standard InChI is InChI=1S/C13H16BrN3/c1-4-13-9(2)16-17(10(13)3)8-12-6-5-11(14)7-15-12/h5-7H,4,8H2,1-3H3. The van der Waals surface area contributed by atoms with Gasteiger partial charge in [0.05, 0.1) is 17.9 Å². The maximum atomic E-state index is 4.56. The summed E-state index contributed by atoms with van der Waals surface area (Å²) in [4.78, 5) is 4.37. The van der Waals surface area contributed by atoms with Gasteiger partial charge in [0.2, 0.25) is 0 Å². The van der Waals surface area contributed by atoms with Crippen LogP contribution in [0.1, 0.15) is 29.6 Å². The summed E-state index contributed by atoms with van der Waals surface area (Å²) in [5, 5.41) is 4.56. The van der Waals surface area contributed by atoms with Gasteiger partial charge in [0.1, 0.15) is 0 Å². The third kappa shape index (κ3) is 2.57. The van der Waals surface area contributed by atoms with Gasteiger partial charge in [-0.3, -0.25) is 9.67 Å². The summed E-state index contributed by atoms with van der Waals surface area (Å²) in [6.45, 7) is 7.09. The molecule has 0 aliphatic heterocycles. The molecule has 0 aliphatic rings. The van der Waals surface area contributed by atoms with Crippen molar-refractivity contribution in [2.24, 2.45) is 0 Å².